The van der Waals surface area contributed by atoms with Crippen molar-refractivity contribution in [2.24, 2.45) is 0 Å². The van der Waals surface area contributed by atoms with Crippen LogP contribution in [0.5, 0.6) is 0 Å². The molecule has 0 radical (unpaired) electrons. The van der Waals surface area contributed by atoms with Crippen molar-refractivity contribution in [1.82, 2.24) is 4.98 Å². The molecule has 2 rings (SSSR count). The predicted molar refractivity (Wildman–Crippen MR) is 74.4 cm³/mol. The van der Waals surface area contributed by atoms with Gasteiger partial charge in [0, 0.05) is 28.7 Å². The molecule has 1 unspecified atom stereocenters. The number of aliphatic carboxylic acids is 1. The molecule has 0 spiro atoms. The first-order valence-corrected chi connectivity index (χ1v) is 6.11. The molecule has 2 aromatic rings. The summed E-state index contributed by atoms with van der Waals surface area (Å²) in [5.74, 6) is -0.953. The molecule has 19 heavy (non-hydrogen) atoms. The Balaban J connectivity index is 2.29. The number of nitrogens with zero attached hydrogens (tertiary/aromatic N) is 1. The maximum atomic E-state index is 11.4. The Hall–Kier alpha value is -2.07. The normalized spacial score (nSPS) is 11.9. The standard InChI is InChI=1S/C14H13ClN2O2/c1-9-6-7-16-8-12(9)13(14(18)19)17-11-4-2-10(15)3-5-11/h2-8,13,17H,1H3,(H,18,19). The molecule has 1 heterocycles. The van der Waals surface area contributed by atoms with Crippen molar-refractivity contribution in [3.8, 4) is 0 Å². The molecule has 4 nitrogen and oxygen atoms in total. The van der Waals surface area contributed by atoms with E-state index in [0.717, 1.165) is 5.56 Å². The zero-order valence-electron chi connectivity index (χ0n) is 10.3. The van der Waals surface area contributed by atoms with E-state index in [1.54, 1.807) is 42.7 Å². The summed E-state index contributed by atoms with van der Waals surface area (Å²) in [6.07, 6.45) is 3.21. The summed E-state index contributed by atoms with van der Waals surface area (Å²) in [4.78, 5) is 15.4. The lowest BCUT2D eigenvalue weighted by Crippen LogP contribution is -2.21. The highest BCUT2D eigenvalue weighted by molar-refractivity contribution is 6.30. The number of nitrogens with one attached hydrogen (secondary N) is 1. The zero-order chi connectivity index (χ0) is 13.8. The second kappa shape index (κ2) is 5.71. The number of hydrogen-bond donors (Lipinski definition) is 2. The first-order chi connectivity index (χ1) is 9.08. The lowest BCUT2D eigenvalue weighted by molar-refractivity contribution is -0.138. The summed E-state index contributed by atoms with van der Waals surface area (Å²) >= 11 is 5.80. The van der Waals surface area contributed by atoms with Crippen molar-refractivity contribution in [3.63, 3.8) is 0 Å². The third kappa shape index (κ3) is 3.23. The van der Waals surface area contributed by atoms with Gasteiger partial charge in [0.15, 0.2) is 6.04 Å². The molecule has 1 atom stereocenters. The van der Waals surface area contributed by atoms with Crippen LogP contribution in [0.1, 0.15) is 17.2 Å². The molecule has 2 N–H and O–H groups in total. The molecule has 0 aliphatic rings. The molecule has 5 heteroatoms. The minimum absolute atomic E-state index is 0.606. The van der Waals surface area contributed by atoms with Crippen LogP contribution in [0.15, 0.2) is 42.7 Å². The van der Waals surface area contributed by atoms with Crippen molar-refractivity contribution in [3.05, 3.63) is 58.9 Å². The number of carboxylic acids is 1. The van der Waals surface area contributed by atoms with E-state index in [4.69, 9.17) is 11.6 Å². The number of aryl methyl sites for hydroxylation is 1. The van der Waals surface area contributed by atoms with Crippen LogP contribution in [0.2, 0.25) is 5.02 Å². The summed E-state index contributed by atoms with van der Waals surface area (Å²) in [6.45, 7) is 1.86. The van der Waals surface area contributed by atoms with Gasteiger partial charge in [0.2, 0.25) is 0 Å². The van der Waals surface area contributed by atoms with Crippen LogP contribution in [-0.2, 0) is 4.79 Å². The monoisotopic (exact) mass is 276 g/mol. The van der Waals surface area contributed by atoms with Gasteiger partial charge in [-0.25, -0.2) is 4.79 Å². The largest absolute Gasteiger partial charge is 0.479 e. The molecule has 98 valence electrons. The van der Waals surface area contributed by atoms with Gasteiger partial charge in [-0.1, -0.05) is 11.6 Å². The van der Waals surface area contributed by atoms with Crippen molar-refractivity contribution in [1.29, 1.82) is 0 Å². The average Bonchev–Trinajstić information content (AvgIpc) is 2.39. The summed E-state index contributed by atoms with van der Waals surface area (Å²) in [6, 6.07) is 7.84. The summed E-state index contributed by atoms with van der Waals surface area (Å²) in [7, 11) is 0. The Morgan fingerprint density at radius 1 is 1.32 bits per heavy atom. The molecule has 1 aromatic carbocycles. The van der Waals surface area contributed by atoms with E-state index >= 15 is 0 Å². The van der Waals surface area contributed by atoms with Crippen LogP contribution < -0.4 is 5.32 Å². The first kappa shape index (κ1) is 13.4. The highest BCUT2D eigenvalue weighted by Crippen LogP contribution is 2.23. The van der Waals surface area contributed by atoms with E-state index < -0.39 is 12.0 Å². The molecule has 0 aliphatic carbocycles. The maximum absolute atomic E-state index is 11.4. The summed E-state index contributed by atoms with van der Waals surface area (Å²) < 4.78 is 0. The summed E-state index contributed by atoms with van der Waals surface area (Å²) in [5.41, 5.74) is 2.22. The number of hydrogen-bond acceptors (Lipinski definition) is 3. The van der Waals surface area contributed by atoms with Crippen LogP contribution in [0.3, 0.4) is 0 Å². The molecule has 0 saturated carbocycles. The third-order valence-electron chi connectivity index (χ3n) is 2.79. The van der Waals surface area contributed by atoms with Gasteiger partial charge in [0.1, 0.15) is 0 Å². The van der Waals surface area contributed by atoms with Crippen molar-refractivity contribution in [2.75, 3.05) is 5.32 Å². The smallest absolute Gasteiger partial charge is 0.330 e. The van der Waals surface area contributed by atoms with E-state index in [2.05, 4.69) is 10.3 Å². The topological polar surface area (TPSA) is 62.2 Å². The molecular weight excluding hydrogens is 264 g/mol. The number of carboxylic acid groups (broad SMARTS) is 1. The predicted octanol–water partition coefficient (Wildman–Crippen LogP) is 3.28. The number of halogens is 1. The molecular formula is C14H13ClN2O2. The van der Waals surface area contributed by atoms with Gasteiger partial charge in [0.25, 0.3) is 0 Å². The van der Waals surface area contributed by atoms with Crippen LogP contribution in [0, 0.1) is 6.92 Å². The maximum Gasteiger partial charge on any atom is 0.330 e. The molecule has 0 amide bonds. The molecule has 0 saturated heterocycles. The highest BCUT2D eigenvalue weighted by Gasteiger charge is 2.21. The van der Waals surface area contributed by atoms with Crippen molar-refractivity contribution < 1.29 is 9.90 Å². The quantitative estimate of drug-likeness (QED) is 0.899. The van der Waals surface area contributed by atoms with Crippen LogP contribution in [0.4, 0.5) is 5.69 Å². The van der Waals surface area contributed by atoms with Gasteiger partial charge in [-0.2, -0.15) is 0 Å². The van der Waals surface area contributed by atoms with Gasteiger partial charge in [0.05, 0.1) is 0 Å². The number of carbonyl (C=O) groups is 1. The Morgan fingerprint density at radius 2 is 2.00 bits per heavy atom. The van der Waals surface area contributed by atoms with Crippen LogP contribution in [0.25, 0.3) is 0 Å². The van der Waals surface area contributed by atoms with Crippen molar-refractivity contribution >= 4 is 23.3 Å². The van der Waals surface area contributed by atoms with Crippen LogP contribution in [-0.4, -0.2) is 16.1 Å². The van der Waals surface area contributed by atoms with Gasteiger partial charge >= 0.3 is 5.97 Å². The van der Waals surface area contributed by atoms with Crippen molar-refractivity contribution in [2.45, 2.75) is 13.0 Å². The number of aromatic nitrogens is 1. The number of pyridine rings is 1. The molecule has 1 aromatic heterocycles. The van der Waals surface area contributed by atoms with Gasteiger partial charge in [-0.3, -0.25) is 4.98 Å². The Kier molecular flexibility index (Phi) is 4.02. The molecule has 0 fully saturated rings. The lowest BCUT2D eigenvalue weighted by atomic mass is 10.0. The number of benzene rings is 1. The fourth-order valence-electron chi connectivity index (χ4n) is 1.76. The van der Waals surface area contributed by atoms with E-state index in [-0.39, 0.29) is 0 Å². The summed E-state index contributed by atoms with van der Waals surface area (Å²) in [5, 5.41) is 12.9. The number of anilines is 1. The van der Waals surface area contributed by atoms with Gasteiger partial charge in [-0.05, 0) is 42.8 Å². The Bertz CT molecular complexity index is 584. The fraction of sp³-hybridized carbons (Fsp3) is 0.143. The Labute approximate surface area is 116 Å². The van der Waals surface area contributed by atoms with Gasteiger partial charge < -0.3 is 10.4 Å². The minimum atomic E-state index is -0.953. The van der Waals surface area contributed by atoms with Crippen LogP contribution >= 0.6 is 11.6 Å². The molecule has 0 bridgehead atoms. The average molecular weight is 277 g/mol. The van der Waals surface area contributed by atoms with Gasteiger partial charge in [-0.15, -0.1) is 0 Å². The lowest BCUT2D eigenvalue weighted by Gasteiger charge is -2.17. The fourth-order valence-corrected chi connectivity index (χ4v) is 1.89. The first-order valence-electron chi connectivity index (χ1n) is 5.73. The second-order valence-electron chi connectivity index (χ2n) is 4.15. The molecule has 0 aliphatic heterocycles. The van der Waals surface area contributed by atoms with E-state index in [1.807, 2.05) is 6.92 Å². The third-order valence-corrected chi connectivity index (χ3v) is 3.04. The SMILES string of the molecule is Cc1ccncc1C(Nc1ccc(Cl)cc1)C(=O)O. The zero-order valence-corrected chi connectivity index (χ0v) is 11.1. The van der Waals surface area contributed by atoms with E-state index in [9.17, 15) is 9.90 Å². The minimum Gasteiger partial charge on any atom is -0.479 e. The second-order valence-corrected chi connectivity index (χ2v) is 4.59. The Morgan fingerprint density at radius 3 is 2.58 bits per heavy atom. The van der Waals surface area contributed by atoms with E-state index in [1.165, 1.54) is 0 Å². The number of rotatable bonds is 4. The highest BCUT2D eigenvalue weighted by atomic mass is 35.5. The van der Waals surface area contributed by atoms with E-state index in [0.29, 0.717) is 16.3 Å².